The predicted octanol–water partition coefficient (Wildman–Crippen LogP) is 2.32. The highest BCUT2D eigenvalue weighted by molar-refractivity contribution is 5.33. The molecular formula is C23H31NO5. The van der Waals surface area contributed by atoms with Crippen LogP contribution in [0.4, 0.5) is 0 Å². The van der Waals surface area contributed by atoms with Crippen LogP contribution in [0.25, 0.3) is 0 Å². The summed E-state index contributed by atoms with van der Waals surface area (Å²) in [6.07, 6.45) is -0.727. The first-order chi connectivity index (χ1) is 14.0. The van der Waals surface area contributed by atoms with Crippen LogP contribution in [0, 0.1) is 13.8 Å². The van der Waals surface area contributed by atoms with Gasteiger partial charge in [0.05, 0.1) is 19.8 Å². The van der Waals surface area contributed by atoms with Gasteiger partial charge in [-0.2, -0.15) is 0 Å². The van der Waals surface area contributed by atoms with Crippen molar-refractivity contribution in [1.82, 2.24) is 4.90 Å². The first kappa shape index (κ1) is 21.6. The molecule has 2 atom stereocenters. The zero-order valence-electron chi connectivity index (χ0n) is 17.2. The smallest absolute Gasteiger partial charge is 0.138 e. The molecular weight excluding hydrogens is 370 g/mol. The van der Waals surface area contributed by atoms with Crippen LogP contribution in [0.2, 0.25) is 0 Å². The Balaban J connectivity index is 1.47. The van der Waals surface area contributed by atoms with Crippen molar-refractivity contribution in [3.8, 4) is 11.5 Å². The third kappa shape index (κ3) is 6.72. The first-order valence-electron chi connectivity index (χ1n) is 10.1. The maximum absolute atomic E-state index is 10.4. The summed E-state index contributed by atoms with van der Waals surface area (Å²) >= 11 is 0. The Morgan fingerprint density at radius 3 is 2.34 bits per heavy atom. The van der Waals surface area contributed by atoms with Crippen molar-refractivity contribution < 1.29 is 24.4 Å². The number of aliphatic hydroxyl groups is 2. The van der Waals surface area contributed by atoms with E-state index in [2.05, 4.69) is 11.0 Å². The van der Waals surface area contributed by atoms with Crippen LogP contribution in [-0.4, -0.2) is 66.8 Å². The molecule has 1 aliphatic rings. The number of hydrogen-bond donors (Lipinski definition) is 2. The van der Waals surface area contributed by atoms with Gasteiger partial charge in [-0.1, -0.05) is 18.2 Å². The fraction of sp³-hybridized carbons (Fsp3) is 0.478. The molecule has 6 heteroatoms. The molecule has 1 fully saturated rings. The van der Waals surface area contributed by atoms with Gasteiger partial charge in [-0.3, -0.25) is 4.90 Å². The van der Waals surface area contributed by atoms with Crippen molar-refractivity contribution in [2.75, 3.05) is 39.5 Å². The van der Waals surface area contributed by atoms with E-state index in [0.29, 0.717) is 32.9 Å². The number of rotatable bonds is 10. The van der Waals surface area contributed by atoms with Crippen molar-refractivity contribution >= 4 is 0 Å². The van der Waals surface area contributed by atoms with Crippen LogP contribution in [0.3, 0.4) is 0 Å². The van der Waals surface area contributed by atoms with E-state index in [-0.39, 0.29) is 12.7 Å². The highest BCUT2D eigenvalue weighted by atomic mass is 16.5. The average Bonchev–Trinajstić information content (AvgIpc) is 3.01. The van der Waals surface area contributed by atoms with Crippen LogP contribution in [0.15, 0.2) is 42.5 Å². The molecule has 158 valence electrons. The van der Waals surface area contributed by atoms with Gasteiger partial charge in [0.1, 0.15) is 30.3 Å². The number of aryl methyl sites for hydroxylation is 2. The van der Waals surface area contributed by atoms with Gasteiger partial charge in [-0.05, 0) is 54.8 Å². The molecule has 0 radical (unpaired) electrons. The number of likely N-dealkylation sites (tertiary alicyclic amines) is 1. The number of nitrogens with zero attached hydrogens (tertiary/aromatic N) is 1. The standard InChI is InChI=1S/C23H31NO5/c1-17-11-18(2)13-21(12-17)29-23-16-24(15-22(23)26)14-19-3-5-20(6-4-19)28-10-9-27-8-7-25/h3-6,11-13,22-23,25-26H,7-10,14-16H2,1-2H3/t22-,23-/m0/s1. The lowest BCUT2D eigenvalue weighted by molar-refractivity contribution is 0.0705. The third-order valence-electron chi connectivity index (χ3n) is 4.86. The molecule has 29 heavy (non-hydrogen) atoms. The van der Waals surface area contributed by atoms with E-state index < -0.39 is 6.10 Å². The molecule has 0 amide bonds. The highest BCUT2D eigenvalue weighted by Gasteiger charge is 2.33. The zero-order valence-corrected chi connectivity index (χ0v) is 17.2. The number of ether oxygens (including phenoxy) is 3. The minimum absolute atomic E-state index is 0.0242. The zero-order chi connectivity index (χ0) is 20.6. The lowest BCUT2D eigenvalue weighted by atomic mass is 10.1. The highest BCUT2D eigenvalue weighted by Crippen LogP contribution is 2.23. The van der Waals surface area contributed by atoms with Crippen LogP contribution in [0.5, 0.6) is 11.5 Å². The monoisotopic (exact) mass is 401 g/mol. The van der Waals surface area contributed by atoms with E-state index >= 15 is 0 Å². The molecule has 0 saturated carbocycles. The van der Waals surface area contributed by atoms with Crippen molar-refractivity contribution in [3.63, 3.8) is 0 Å². The fourth-order valence-corrected chi connectivity index (χ4v) is 3.59. The Bertz CT molecular complexity index is 744. The van der Waals surface area contributed by atoms with E-state index in [1.165, 1.54) is 0 Å². The Morgan fingerprint density at radius 2 is 1.66 bits per heavy atom. The minimum Gasteiger partial charge on any atom is -0.491 e. The van der Waals surface area contributed by atoms with Gasteiger partial charge >= 0.3 is 0 Å². The Morgan fingerprint density at radius 1 is 0.931 bits per heavy atom. The summed E-state index contributed by atoms with van der Waals surface area (Å²) < 4.78 is 16.9. The van der Waals surface area contributed by atoms with Gasteiger partial charge in [0.2, 0.25) is 0 Å². The van der Waals surface area contributed by atoms with Gasteiger partial charge < -0.3 is 24.4 Å². The number of benzene rings is 2. The van der Waals surface area contributed by atoms with Crippen LogP contribution in [0.1, 0.15) is 16.7 Å². The third-order valence-corrected chi connectivity index (χ3v) is 4.86. The van der Waals surface area contributed by atoms with Gasteiger partial charge in [-0.15, -0.1) is 0 Å². The molecule has 1 aliphatic heterocycles. The normalized spacial score (nSPS) is 19.4. The van der Waals surface area contributed by atoms with E-state index in [1.807, 2.05) is 50.2 Å². The second kappa shape index (κ2) is 10.6. The van der Waals surface area contributed by atoms with Crippen LogP contribution in [-0.2, 0) is 11.3 Å². The second-order valence-electron chi connectivity index (χ2n) is 7.57. The topological polar surface area (TPSA) is 71.4 Å². The Kier molecular flexibility index (Phi) is 7.89. The molecule has 2 aromatic rings. The van der Waals surface area contributed by atoms with Crippen LogP contribution < -0.4 is 9.47 Å². The Labute approximate surface area is 172 Å². The lowest BCUT2D eigenvalue weighted by Gasteiger charge is -2.18. The lowest BCUT2D eigenvalue weighted by Crippen LogP contribution is -2.30. The largest absolute Gasteiger partial charge is 0.491 e. The SMILES string of the molecule is Cc1cc(C)cc(O[C@H]2CN(Cc3ccc(OCCOCCO)cc3)C[C@@H]2O)c1. The quantitative estimate of drug-likeness (QED) is 0.596. The molecule has 0 aliphatic carbocycles. The summed E-state index contributed by atoms with van der Waals surface area (Å²) in [5.74, 6) is 1.61. The van der Waals surface area contributed by atoms with Gasteiger partial charge in [0.25, 0.3) is 0 Å². The number of hydrogen-bond acceptors (Lipinski definition) is 6. The molecule has 0 unspecified atom stereocenters. The van der Waals surface area contributed by atoms with Crippen molar-refractivity contribution in [2.45, 2.75) is 32.6 Å². The molecule has 2 N–H and O–H groups in total. The predicted molar refractivity (Wildman–Crippen MR) is 111 cm³/mol. The first-order valence-corrected chi connectivity index (χ1v) is 10.1. The number of aliphatic hydroxyl groups excluding tert-OH is 2. The van der Waals surface area contributed by atoms with E-state index in [4.69, 9.17) is 19.3 Å². The van der Waals surface area contributed by atoms with Gasteiger partial charge in [0.15, 0.2) is 0 Å². The molecule has 0 aromatic heterocycles. The maximum Gasteiger partial charge on any atom is 0.138 e. The molecule has 6 nitrogen and oxygen atoms in total. The minimum atomic E-state index is -0.502. The maximum atomic E-state index is 10.4. The second-order valence-corrected chi connectivity index (χ2v) is 7.57. The van der Waals surface area contributed by atoms with Gasteiger partial charge in [0, 0.05) is 19.6 Å². The summed E-state index contributed by atoms with van der Waals surface area (Å²) in [6, 6.07) is 14.1. The molecule has 3 rings (SSSR count). The van der Waals surface area contributed by atoms with Crippen molar-refractivity contribution in [3.05, 3.63) is 59.2 Å². The van der Waals surface area contributed by atoms with Crippen molar-refractivity contribution in [1.29, 1.82) is 0 Å². The molecule has 2 aromatic carbocycles. The molecule has 0 bridgehead atoms. The fourth-order valence-electron chi connectivity index (χ4n) is 3.59. The number of β-amino-alcohol motifs (C(OH)–C–C–N with tert-alkyl or cyclic N) is 1. The molecule has 1 heterocycles. The van der Waals surface area contributed by atoms with E-state index in [9.17, 15) is 5.11 Å². The Hall–Kier alpha value is -2.12. The van der Waals surface area contributed by atoms with E-state index in [1.54, 1.807) is 0 Å². The summed E-state index contributed by atoms with van der Waals surface area (Å²) in [4.78, 5) is 2.20. The van der Waals surface area contributed by atoms with Crippen LogP contribution >= 0.6 is 0 Å². The molecule has 0 spiro atoms. The van der Waals surface area contributed by atoms with E-state index in [0.717, 1.165) is 34.7 Å². The van der Waals surface area contributed by atoms with Crippen molar-refractivity contribution in [2.24, 2.45) is 0 Å². The van der Waals surface area contributed by atoms with Gasteiger partial charge in [-0.25, -0.2) is 0 Å². The average molecular weight is 402 g/mol. The summed E-state index contributed by atoms with van der Waals surface area (Å²) in [5, 5.41) is 19.1. The summed E-state index contributed by atoms with van der Waals surface area (Å²) in [5.41, 5.74) is 3.48. The summed E-state index contributed by atoms with van der Waals surface area (Å²) in [7, 11) is 0. The molecule has 1 saturated heterocycles. The summed E-state index contributed by atoms with van der Waals surface area (Å²) in [6.45, 7) is 7.40.